The van der Waals surface area contributed by atoms with Gasteiger partial charge in [0.15, 0.2) is 0 Å². The van der Waals surface area contributed by atoms with Crippen LogP contribution < -0.4 is 15.2 Å². The fourth-order valence-corrected chi connectivity index (χ4v) is 3.81. The summed E-state index contributed by atoms with van der Waals surface area (Å²) in [6.45, 7) is 7.06. The van der Waals surface area contributed by atoms with E-state index in [1.54, 1.807) is 0 Å². The monoisotopic (exact) mass is 414 g/mol. The van der Waals surface area contributed by atoms with E-state index in [-0.39, 0.29) is 11.8 Å². The van der Waals surface area contributed by atoms with E-state index in [0.717, 1.165) is 34.6 Å². The van der Waals surface area contributed by atoms with Crippen LogP contribution >= 0.6 is 0 Å². The summed E-state index contributed by atoms with van der Waals surface area (Å²) in [5, 5.41) is 17.3. The molecule has 1 aliphatic rings. The molecule has 0 radical (unpaired) electrons. The summed E-state index contributed by atoms with van der Waals surface area (Å²) >= 11 is 0. The fourth-order valence-electron chi connectivity index (χ4n) is 3.81. The number of aromatic nitrogens is 2. The minimum Gasteiger partial charge on any atom is -0.494 e. The van der Waals surface area contributed by atoms with Crippen LogP contribution in [0.4, 0.5) is 0 Å². The standard InChI is InChI=1S/C25H26N4O2/c1-4-13-30-19-11-9-18(10-12-19)23-22-21(17-7-5-16(6-8-17)15(2)3)20(14-26)24(27)31-25(22)29-28-23/h5-12,15,21H,4,13,27H2,1-3H3,(H,28,29)/t21-/m1/s1. The van der Waals surface area contributed by atoms with Gasteiger partial charge in [0.2, 0.25) is 11.8 Å². The smallest absolute Gasteiger partial charge is 0.244 e. The maximum absolute atomic E-state index is 9.86. The van der Waals surface area contributed by atoms with Crippen molar-refractivity contribution in [2.45, 2.75) is 39.0 Å². The number of hydrogen-bond donors (Lipinski definition) is 2. The molecule has 0 spiro atoms. The van der Waals surface area contributed by atoms with Crippen LogP contribution in [0.2, 0.25) is 0 Å². The van der Waals surface area contributed by atoms with Gasteiger partial charge in [0.25, 0.3) is 0 Å². The van der Waals surface area contributed by atoms with Gasteiger partial charge in [0.05, 0.1) is 23.8 Å². The molecule has 158 valence electrons. The van der Waals surface area contributed by atoms with Crippen molar-refractivity contribution in [3.63, 3.8) is 0 Å². The molecular formula is C25H26N4O2. The lowest BCUT2D eigenvalue weighted by Gasteiger charge is -2.24. The second kappa shape index (κ2) is 8.57. The summed E-state index contributed by atoms with van der Waals surface area (Å²) in [5.74, 6) is 1.37. The second-order valence-electron chi connectivity index (χ2n) is 7.94. The van der Waals surface area contributed by atoms with E-state index >= 15 is 0 Å². The van der Waals surface area contributed by atoms with Gasteiger partial charge in [-0.15, -0.1) is 5.10 Å². The Kier molecular flexibility index (Phi) is 5.68. The van der Waals surface area contributed by atoms with Crippen molar-refractivity contribution in [2.24, 2.45) is 5.73 Å². The van der Waals surface area contributed by atoms with Crippen molar-refractivity contribution >= 4 is 0 Å². The topological polar surface area (TPSA) is 97.0 Å². The number of nitrogens with zero attached hydrogens (tertiary/aromatic N) is 2. The fraction of sp³-hybridized carbons (Fsp3) is 0.280. The maximum Gasteiger partial charge on any atom is 0.244 e. The number of aromatic amines is 1. The average molecular weight is 415 g/mol. The zero-order chi connectivity index (χ0) is 22.0. The third-order valence-electron chi connectivity index (χ3n) is 5.49. The highest BCUT2D eigenvalue weighted by molar-refractivity contribution is 5.71. The molecule has 0 bridgehead atoms. The van der Waals surface area contributed by atoms with Crippen LogP contribution in [-0.4, -0.2) is 16.8 Å². The predicted octanol–water partition coefficient (Wildman–Crippen LogP) is 5.21. The highest BCUT2D eigenvalue weighted by atomic mass is 16.5. The van der Waals surface area contributed by atoms with Crippen LogP contribution in [0.1, 0.15) is 55.7 Å². The lowest BCUT2D eigenvalue weighted by atomic mass is 9.82. The number of nitrogens with one attached hydrogen (secondary N) is 1. The molecule has 0 amide bonds. The second-order valence-corrected chi connectivity index (χ2v) is 7.94. The van der Waals surface area contributed by atoms with Gasteiger partial charge in [0, 0.05) is 5.56 Å². The molecule has 2 aromatic carbocycles. The number of nitriles is 1. The summed E-state index contributed by atoms with van der Waals surface area (Å²) in [6.07, 6.45) is 0.953. The zero-order valence-electron chi connectivity index (χ0n) is 18.0. The summed E-state index contributed by atoms with van der Waals surface area (Å²) in [4.78, 5) is 0. The third kappa shape index (κ3) is 3.87. The molecule has 0 saturated heterocycles. The van der Waals surface area contributed by atoms with Crippen LogP contribution in [-0.2, 0) is 0 Å². The van der Waals surface area contributed by atoms with Gasteiger partial charge >= 0.3 is 0 Å². The lowest BCUT2D eigenvalue weighted by molar-refractivity contribution is 0.317. The predicted molar refractivity (Wildman–Crippen MR) is 120 cm³/mol. The number of benzene rings is 2. The van der Waals surface area contributed by atoms with Gasteiger partial charge in [-0.3, -0.25) is 5.10 Å². The van der Waals surface area contributed by atoms with E-state index in [4.69, 9.17) is 15.2 Å². The maximum atomic E-state index is 9.86. The van der Waals surface area contributed by atoms with E-state index in [2.05, 4.69) is 61.3 Å². The van der Waals surface area contributed by atoms with Crippen molar-refractivity contribution in [2.75, 3.05) is 6.61 Å². The number of rotatable bonds is 6. The van der Waals surface area contributed by atoms with Crippen LogP contribution in [0, 0.1) is 11.3 Å². The molecular weight excluding hydrogens is 388 g/mol. The highest BCUT2D eigenvalue weighted by Gasteiger charge is 2.35. The molecule has 4 rings (SSSR count). The Morgan fingerprint density at radius 1 is 1.16 bits per heavy atom. The van der Waals surface area contributed by atoms with Crippen molar-refractivity contribution in [3.8, 4) is 29.0 Å². The number of fused-ring (bicyclic) bond motifs is 1. The normalized spacial score (nSPS) is 15.4. The highest BCUT2D eigenvalue weighted by Crippen LogP contribution is 2.45. The van der Waals surface area contributed by atoms with Crippen molar-refractivity contribution in [1.82, 2.24) is 10.2 Å². The van der Waals surface area contributed by atoms with Crippen LogP contribution in [0.5, 0.6) is 11.6 Å². The van der Waals surface area contributed by atoms with E-state index < -0.39 is 0 Å². The Balaban J connectivity index is 1.79. The van der Waals surface area contributed by atoms with E-state index in [9.17, 15) is 5.26 Å². The van der Waals surface area contributed by atoms with Gasteiger partial charge in [0.1, 0.15) is 17.4 Å². The Labute approximate surface area is 182 Å². The van der Waals surface area contributed by atoms with Crippen LogP contribution in [0.15, 0.2) is 60.0 Å². The van der Waals surface area contributed by atoms with Crippen molar-refractivity contribution in [3.05, 3.63) is 76.7 Å². The number of nitrogens with two attached hydrogens (primary N) is 1. The van der Waals surface area contributed by atoms with Gasteiger partial charge in [-0.2, -0.15) is 5.26 Å². The number of hydrogen-bond acceptors (Lipinski definition) is 5. The first kappa shape index (κ1) is 20.5. The summed E-state index contributed by atoms with van der Waals surface area (Å²) in [7, 11) is 0. The first-order valence-electron chi connectivity index (χ1n) is 10.5. The molecule has 0 unspecified atom stereocenters. The van der Waals surface area contributed by atoms with Gasteiger partial charge in [-0.1, -0.05) is 45.0 Å². The minimum absolute atomic E-state index is 0.0919. The summed E-state index contributed by atoms with van der Waals surface area (Å²) in [5.41, 5.74) is 11.2. The third-order valence-corrected chi connectivity index (χ3v) is 5.49. The first-order valence-corrected chi connectivity index (χ1v) is 10.5. The van der Waals surface area contributed by atoms with Gasteiger partial charge in [-0.05, 0) is 47.7 Å². The number of allylic oxidation sites excluding steroid dienone is 1. The Morgan fingerprint density at radius 2 is 1.87 bits per heavy atom. The molecule has 31 heavy (non-hydrogen) atoms. The average Bonchev–Trinajstić information content (AvgIpc) is 3.20. The molecule has 0 saturated carbocycles. The van der Waals surface area contributed by atoms with Crippen molar-refractivity contribution < 1.29 is 9.47 Å². The van der Waals surface area contributed by atoms with Crippen LogP contribution in [0.3, 0.4) is 0 Å². The van der Waals surface area contributed by atoms with Gasteiger partial charge in [-0.25, -0.2) is 0 Å². The molecule has 2 heterocycles. The molecule has 3 aromatic rings. The molecule has 1 aliphatic heterocycles. The number of ether oxygens (including phenoxy) is 2. The van der Waals surface area contributed by atoms with Gasteiger partial charge < -0.3 is 15.2 Å². The van der Waals surface area contributed by atoms with Crippen molar-refractivity contribution in [1.29, 1.82) is 5.26 Å². The Hall–Kier alpha value is -3.72. The SMILES string of the molecule is CCCOc1ccc(-c2[nH]nc3c2[C@H](c2ccc(C(C)C)cc2)C(C#N)=C(N)O3)cc1. The summed E-state index contributed by atoms with van der Waals surface area (Å²) < 4.78 is 11.4. The quantitative estimate of drug-likeness (QED) is 0.577. The Morgan fingerprint density at radius 3 is 2.48 bits per heavy atom. The first-order chi connectivity index (χ1) is 15.0. The van der Waals surface area contributed by atoms with E-state index in [1.165, 1.54) is 5.56 Å². The Bertz CT molecular complexity index is 1140. The molecule has 6 nitrogen and oxygen atoms in total. The molecule has 3 N–H and O–H groups in total. The zero-order valence-corrected chi connectivity index (χ0v) is 18.0. The van der Waals surface area contributed by atoms with E-state index in [1.807, 2.05) is 24.3 Å². The molecule has 1 aromatic heterocycles. The molecule has 1 atom stereocenters. The minimum atomic E-state index is -0.361. The lowest BCUT2D eigenvalue weighted by Crippen LogP contribution is -2.21. The largest absolute Gasteiger partial charge is 0.494 e. The molecule has 0 fully saturated rings. The molecule has 0 aliphatic carbocycles. The summed E-state index contributed by atoms with van der Waals surface area (Å²) in [6, 6.07) is 18.4. The number of H-pyrrole nitrogens is 1. The molecule has 6 heteroatoms. The van der Waals surface area contributed by atoms with Crippen LogP contribution in [0.25, 0.3) is 11.3 Å². The van der Waals surface area contributed by atoms with E-state index in [0.29, 0.717) is 24.0 Å².